The zero-order chi connectivity index (χ0) is 16.8. The fourth-order valence-corrected chi connectivity index (χ4v) is 4.16. The van der Waals surface area contributed by atoms with Crippen molar-refractivity contribution in [3.8, 4) is 11.1 Å². The fourth-order valence-electron chi connectivity index (χ4n) is 2.91. The quantitative estimate of drug-likeness (QED) is 0.757. The minimum absolute atomic E-state index is 0. The highest BCUT2D eigenvalue weighted by Crippen LogP contribution is 2.26. The van der Waals surface area contributed by atoms with E-state index >= 15 is 0 Å². The van der Waals surface area contributed by atoms with Crippen molar-refractivity contribution < 1.29 is 8.42 Å². The molecule has 0 saturated carbocycles. The zero-order valence-corrected chi connectivity index (χ0v) is 16.9. The second kappa shape index (κ2) is 10.9. The van der Waals surface area contributed by atoms with Crippen LogP contribution in [-0.2, 0) is 10.0 Å². The largest absolute Gasteiger partial charge is 0.314 e. The minimum Gasteiger partial charge on any atom is -0.314 e. The third kappa shape index (κ3) is 5.94. The van der Waals surface area contributed by atoms with Crippen LogP contribution in [0, 0.1) is 0 Å². The van der Waals surface area contributed by atoms with Gasteiger partial charge in [-0.2, -0.15) is 0 Å². The normalized spacial score (nSPS) is 14.9. The van der Waals surface area contributed by atoms with Crippen LogP contribution in [0.15, 0.2) is 59.5 Å². The second-order valence-electron chi connectivity index (χ2n) is 5.85. The van der Waals surface area contributed by atoms with Crippen LogP contribution < -0.4 is 10.0 Å². The predicted octanol–water partition coefficient (Wildman–Crippen LogP) is 2.38. The monoisotopic (exact) mass is 417 g/mol. The maximum Gasteiger partial charge on any atom is 0.241 e. The van der Waals surface area contributed by atoms with E-state index in [1.807, 2.05) is 42.5 Å². The van der Waals surface area contributed by atoms with Gasteiger partial charge in [0.2, 0.25) is 10.0 Å². The number of rotatable bonds is 6. The molecule has 3 rings (SSSR count). The van der Waals surface area contributed by atoms with Crippen LogP contribution in [0.25, 0.3) is 11.1 Å². The molecule has 5 nitrogen and oxygen atoms in total. The van der Waals surface area contributed by atoms with E-state index in [-0.39, 0.29) is 24.8 Å². The Bertz CT molecular complexity index is 767. The summed E-state index contributed by atoms with van der Waals surface area (Å²) in [4.78, 5) is 2.60. The molecule has 0 atom stereocenters. The van der Waals surface area contributed by atoms with Gasteiger partial charge in [0.05, 0.1) is 4.90 Å². The van der Waals surface area contributed by atoms with Gasteiger partial charge in [0.1, 0.15) is 0 Å². The molecule has 2 N–H and O–H groups in total. The molecule has 1 saturated heterocycles. The van der Waals surface area contributed by atoms with Crippen molar-refractivity contribution >= 4 is 34.8 Å². The van der Waals surface area contributed by atoms with E-state index in [2.05, 4.69) is 14.9 Å². The van der Waals surface area contributed by atoms with E-state index < -0.39 is 10.0 Å². The molecule has 0 radical (unpaired) electrons. The van der Waals surface area contributed by atoms with Crippen LogP contribution in [0.3, 0.4) is 0 Å². The van der Waals surface area contributed by atoms with Gasteiger partial charge in [-0.25, -0.2) is 13.1 Å². The lowest BCUT2D eigenvalue weighted by Crippen LogP contribution is -2.46. The van der Waals surface area contributed by atoms with Crippen molar-refractivity contribution in [2.24, 2.45) is 0 Å². The first-order chi connectivity index (χ1) is 11.7. The Hall–Kier alpha value is -1.15. The summed E-state index contributed by atoms with van der Waals surface area (Å²) in [5, 5.41) is 3.29. The topological polar surface area (TPSA) is 61.4 Å². The standard InChI is InChI=1S/C18H23N3O2S.2ClH/c22-24(23,20-12-15-21-13-10-19-11-14-21)18-9-5-4-8-17(18)16-6-2-1-3-7-16;;/h1-9,19-20H,10-15H2;2*1H. The molecule has 1 aliphatic rings. The van der Waals surface area contributed by atoms with Gasteiger partial charge in [0.15, 0.2) is 0 Å². The summed E-state index contributed by atoms with van der Waals surface area (Å²) in [6, 6.07) is 16.7. The third-order valence-electron chi connectivity index (χ3n) is 4.19. The zero-order valence-electron chi connectivity index (χ0n) is 14.4. The first-order valence-electron chi connectivity index (χ1n) is 8.24. The fraction of sp³-hybridized carbons (Fsp3) is 0.333. The Balaban J connectivity index is 0.00000169. The van der Waals surface area contributed by atoms with Crippen molar-refractivity contribution in [2.45, 2.75) is 4.90 Å². The smallest absolute Gasteiger partial charge is 0.241 e. The molecule has 0 aliphatic carbocycles. The number of benzene rings is 2. The SMILES string of the molecule is Cl.Cl.O=S(=O)(NCCN1CCNCC1)c1ccccc1-c1ccccc1. The van der Waals surface area contributed by atoms with Crippen LogP contribution in [0.2, 0.25) is 0 Å². The molecule has 0 aromatic heterocycles. The highest BCUT2D eigenvalue weighted by molar-refractivity contribution is 7.89. The molecular weight excluding hydrogens is 393 g/mol. The van der Waals surface area contributed by atoms with Crippen molar-refractivity contribution in [2.75, 3.05) is 39.3 Å². The minimum atomic E-state index is -3.53. The van der Waals surface area contributed by atoms with Crippen LogP contribution in [0.4, 0.5) is 0 Å². The summed E-state index contributed by atoms with van der Waals surface area (Å²) in [5.41, 5.74) is 1.63. The van der Waals surface area contributed by atoms with E-state index in [4.69, 9.17) is 0 Å². The van der Waals surface area contributed by atoms with E-state index in [1.165, 1.54) is 0 Å². The van der Waals surface area contributed by atoms with Crippen LogP contribution in [0.5, 0.6) is 0 Å². The second-order valence-corrected chi connectivity index (χ2v) is 7.59. The van der Waals surface area contributed by atoms with Gasteiger partial charge in [0.25, 0.3) is 0 Å². The van der Waals surface area contributed by atoms with E-state index in [0.717, 1.165) is 43.9 Å². The summed E-state index contributed by atoms with van der Waals surface area (Å²) < 4.78 is 28.2. The molecular formula is C18H25Cl2N3O2S. The van der Waals surface area contributed by atoms with Gasteiger partial charge in [-0.05, 0) is 11.6 Å². The Labute approximate surface area is 168 Å². The first kappa shape index (κ1) is 22.9. The average molecular weight is 418 g/mol. The molecule has 8 heteroatoms. The molecule has 26 heavy (non-hydrogen) atoms. The molecule has 0 bridgehead atoms. The molecule has 1 aliphatic heterocycles. The van der Waals surface area contributed by atoms with Gasteiger partial charge in [0, 0.05) is 44.8 Å². The van der Waals surface area contributed by atoms with Crippen molar-refractivity contribution in [3.05, 3.63) is 54.6 Å². The third-order valence-corrected chi connectivity index (χ3v) is 5.71. The molecule has 0 spiro atoms. The highest BCUT2D eigenvalue weighted by atomic mass is 35.5. The number of piperazine rings is 1. The predicted molar refractivity (Wildman–Crippen MR) is 111 cm³/mol. The Morgan fingerprint density at radius 3 is 2.23 bits per heavy atom. The van der Waals surface area contributed by atoms with Gasteiger partial charge in [-0.3, -0.25) is 4.90 Å². The molecule has 2 aromatic carbocycles. The maximum atomic E-state index is 12.7. The summed E-state index contributed by atoms with van der Waals surface area (Å²) in [5.74, 6) is 0. The van der Waals surface area contributed by atoms with Crippen LogP contribution >= 0.6 is 24.8 Å². The molecule has 0 unspecified atom stereocenters. The number of hydrogen-bond donors (Lipinski definition) is 2. The Morgan fingerprint density at radius 1 is 0.923 bits per heavy atom. The van der Waals surface area contributed by atoms with Crippen molar-refractivity contribution in [1.82, 2.24) is 14.9 Å². The van der Waals surface area contributed by atoms with E-state index in [9.17, 15) is 8.42 Å². The first-order valence-corrected chi connectivity index (χ1v) is 9.72. The lowest BCUT2D eigenvalue weighted by atomic mass is 10.1. The summed E-state index contributed by atoms with van der Waals surface area (Å²) in [6.45, 7) is 5.00. The van der Waals surface area contributed by atoms with Crippen LogP contribution in [-0.4, -0.2) is 52.6 Å². The van der Waals surface area contributed by atoms with E-state index in [0.29, 0.717) is 11.4 Å². The van der Waals surface area contributed by atoms with Gasteiger partial charge >= 0.3 is 0 Å². The maximum absolute atomic E-state index is 12.7. The number of nitrogens with one attached hydrogen (secondary N) is 2. The summed E-state index contributed by atoms with van der Waals surface area (Å²) in [6.07, 6.45) is 0. The van der Waals surface area contributed by atoms with E-state index in [1.54, 1.807) is 12.1 Å². The summed E-state index contributed by atoms with van der Waals surface area (Å²) in [7, 11) is -3.53. The number of hydrogen-bond acceptors (Lipinski definition) is 4. The van der Waals surface area contributed by atoms with Crippen molar-refractivity contribution in [3.63, 3.8) is 0 Å². The molecule has 144 valence electrons. The molecule has 0 amide bonds. The number of halogens is 2. The van der Waals surface area contributed by atoms with Gasteiger partial charge in [-0.15, -0.1) is 24.8 Å². The lowest BCUT2D eigenvalue weighted by molar-refractivity contribution is 0.245. The number of nitrogens with zero attached hydrogens (tertiary/aromatic N) is 1. The Morgan fingerprint density at radius 2 is 1.54 bits per heavy atom. The highest BCUT2D eigenvalue weighted by Gasteiger charge is 2.19. The summed E-state index contributed by atoms with van der Waals surface area (Å²) >= 11 is 0. The Kier molecular flexibility index (Phi) is 9.57. The average Bonchev–Trinajstić information content (AvgIpc) is 2.63. The number of sulfonamides is 1. The van der Waals surface area contributed by atoms with Crippen molar-refractivity contribution in [1.29, 1.82) is 0 Å². The van der Waals surface area contributed by atoms with Gasteiger partial charge < -0.3 is 5.32 Å². The molecule has 1 heterocycles. The lowest BCUT2D eigenvalue weighted by Gasteiger charge is -2.27. The molecule has 2 aromatic rings. The molecule has 1 fully saturated rings. The van der Waals surface area contributed by atoms with Gasteiger partial charge in [-0.1, -0.05) is 48.5 Å². The van der Waals surface area contributed by atoms with Crippen LogP contribution in [0.1, 0.15) is 0 Å².